The molecule has 0 aliphatic carbocycles. The minimum absolute atomic E-state index is 0.346. The highest BCUT2D eigenvalue weighted by molar-refractivity contribution is 7.91. The quantitative estimate of drug-likeness (QED) is 0.630. The minimum atomic E-state index is -1.25. The molecule has 0 aliphatic rings. The van der Waals surface area contributed by atoms with Crippen LogP contribution in [0.2, 0.25) is 0 Å². The van der Waals surface area contributed by atoms with Crippen molar-refractivity contribution in [2.24, 2.45) is 4.40 Å². The molecule has 0 heterocycles. The van der Waals surface area contributed by atoms with E-state index in [4.69, 9.17) is 4.74 Å². The van der Waals surface area contributed by atoms with Crippen LogP contribution < -0.4 is 9.64 Å². The van der Waals surface area contributed by atoms with E-state index in [2.05, 4.69) is 4.40 Å². The Balaban J connectivity index is 3.04. The molecule has 0 N–H and O–H groups in total. The second-order valence-electron chi connectivity index (χ2n) is 5.42. The molecule has 1 rings (SSSR count). The van der Waals surface area contributed by atoms with E-state index in [9.17, 15) is 4.55 Å². The maximum atomic E-state index is 11.9. The molecular formula is C14H22N2O2S. The van der Waals surface area contributed by atoms with E-state index in [1.807, 2.05) is 58.0 Å². The summed E-state index contributed by atoms with van der Waals surface area (Å²) >= 11 is -1.25. The van der Waals surface area contributed by atoms with Gasteiger partial charge in [-0.2, -0.15) is 0 Å². The predicted molar refractivity (Wildman–Crippen MR) is 82.8 cm³/mol. The summed E-state index contributed by atoms with van der Waals surface area (Å²) in [6.45, 7) is 5.71. The van der Waals surface area contributed by atoms with Gasteiger partial charge in [0.2, 0.25) is 0 Å². The smallest absolute Gasteiger partial charge is 0.144 e. The molecule has 0 saturated carbocycles. The summed E-state index contributed by atoms with van der Waals surface area (Å²) in [6.07, 6.45) is 1.66. The third-order valence-corrected chi connectivity index (χ3v) is 3.88. The molecule has 1 aromatic rings. The molecule has 0 saturated heterocycles. The van der Waals surface area contributed by atoms with Crippen LogP contribution in [0.4, 0.5) is 5.69 Å². The summed E-state index contributed by atoms with van der Waals surface area (Å²) in [5.74, 6) is 0.790. The van der Waals surface area contributed by atoms with Crippen molar-refractivity contribution in [3.05, 3.63) is 23.8 Å². The van der Waals surface area contributed by atoms with E-state index in [1.54, 1.807) is 13.3 Å². The molecular weight excluding hydrogens is 260 g/mol. The van der Waals surface area contributed by atoms with Gasteiger partial charge in [0.25, 0.3) is 0 Å². The average Bonchev–Trinajstić information content (AvgIpc) is 2.34. The van der Waals surface area contributed by atoms with Gasteiger partial charge in [-0.3, -0.25) is 0 Å². The highest BCUT2D eigenvalue weighted by atomic mass is 32.2. The second kappa shape index (κ2) is 6.30. The molecule has 0 amide bonds. The third-order valence-electron chi connectivity index (χ3n) is 2.53. The molecule has 19 heavy (non-hydrogen) atoms. The Bertz CT molecular complexity index is 453. The van der Waals surface area contributed by atoms with Gasteiger partial charge in [-0.25, -0.2) is 0 Å². The molecule has 106 valence electrons. The van der Waals surface area contributed by atoms with Crippen LogP contribution in [0.25, 0.3) is 0 Å². The molecule has 1 aromatic carbocycles. The molecule has 0 bridgehead atoms. The van der Waals surface area contributed by atoms with E-state index in [1.165, 1.54) is 0 Å². The lowest BCUT2D eigenvalue weighted by Crippen LogP contribution is -2.26. The highest BCUT2D eigenvalue weighted by Crippen LogP contribution is 2.24. The fourth-order valence-electron chi connectivity index (χ4n) is 1.41. The summed E-state index contributed by atoms with van der Waals surface area (Å²) in [4.78, 5) is 1.98. The summed E-state index contributed by atoms with van der Waals surface area (Å²) in [5, 5.41) is 0. The molecule has 0 fully saturated rings. The van der Waals surface area contributed by atoms with Gasteiger partial charge in [0, 0.05) is 31.4 Å². The van der Waals surface area contributed by atoms with Crippen molar-refractivity contribution in [1.29, 1.82) is 0 Å². The molecule has 1 atom stereocenters. The van der Waals surface area contributed by atoms with Gasteiger partial charge in [0.15, 0.2) is 0 Å². The Morgan fingerprint density at radius 3 is 2.42 bits per heavy atom. The first-order chi connectivity index (χ1) is 8.75. The Kier molecular flexibility index (Phi) is 5.26. The maximum absolute atomic E-state index is 11.9. The van der Waals surface area contributed by atoms with Crippen LogP contribution in [0, 0.1) is 0 Å². The Morgan fingerprint density at radius 2 is 1.95 bits per heavy atom. The van der Waals surface area contributed by atoms with E-state index in [0.29, 0.717) is 0 Å². The molecule has 0 radical (unpaired) electrons. The lowest BCUT2D eigenvalue weighted by molar-refractivity contribution is 0.415. The number of hydrogen-bond acceptors (Lipinski definition) is 4. The number of methoxy groups -OCH3 is 1. The van der Waals surface area contributed by atoms with Crippen molar-refractivity contribution in [1.82, 2.24) is 0 Å². The van der Waals surface area contributed by atoms with Crippen LogP contribution in [-0.4, -0.2) is 36.7 Å². The molecule has 1 unspecified atom stereocenters. The number of anilines is 1. The lowest BCUT2D eigenvalue weighted by atomic mass is 10.1. The monoisotopic (exact) mass is 282 g/mol. The normalized spacial score (nSPS) is 13.6. The molecule has 0 spiro atoms. The van der Waals surface area contributed by atoms with Crippen LogP contribution in [0.1, 0.15) is 26.3 Å². The zero-order chi connectivity index (χ0) is 14.6. The van der Waals surface area contributed by atoms with Gasteiger partial charge in [0.05, 0.1) is 13.3 Å². The number of ether oxygens (including phenoxy) is 1. The SMILES string of the molecule is COc1ccc(C=N[S+]([O-])C(C)(C)C)c(N(C)C)c1. The van der Waals surface area contributed by atoms with Crippen molar-refractivity contribution in [3.63, 3.8) is 0 Å². The standard InChI is InChI=1S/C14H22N2O2S/c1-14(2,3)19(17)15-10-11-7-8-12(18-6)9-13(11)16(4)5/h7-10H,1-6H3. The van der Waals surface area contributed by atoms with E-state index in [0.717, 1.165) is 17.0 Å². The first-order valence-corrected chi connectivity index (χ1v) is 7.18. The molecule has 0 aromatic heterocycles. The van der Waals surface area contributed by atoms with Gasteiger partial charge in [-0.15, -0.1) is 0 Å². The Hall–Kier alpha value is -1.20. The van der Waals surface area contributed by atoms with Crippen molar-refractivity contribution in [3.8, 4) is 5.75 Å². The first-order valence-electron chi connectivity index (χ1n) is 6.07. The zero-order valence-electron chi connectivity index (χ0n) is 12.4. The number of hydrogen-bond donors (Lipinski definition) is 0. The zero-order valence-corrected chi connectivity index (χ0v) is 13.2. The molecule has 0 aliphatic heterocycles. The predicted octanol–water partition coefficient (Wildman–Crippen LogP) is 2.64. The van der Waals surface area contributed by atoms with E-state index < -0.39 is 11.4 Å². The fourth-order valence-corrected chi connectivity index (χ4v) is 1.94. The van der Waals surface area contributed by atoms with Crippen molar-refractivity contribution in [2.75, 3.05) is 26.1 Å². The van der Waals surface area contributed by atoms with Crippen LogP contribution in [0.3, 0.4) is 0 Å². The lowest BCUT2D eigenvalue weighted by Gasteiger charge is -2.19. The van der Waals surface area contributed by atoms with E-state index in [-0.39, 0.29) is 4.75 Å². The number of rotatable bonds is 4. The van der Waals surface area contributed by atoms with Gasteiger partial charge >= 0.3 is 0 Å². The summed E-state index contributed by atoms with van der Waals surface area (Å²) in [7, 11) is 5.54. The Labute approximate surface area is 118 Å². The largest absolute Gasteiger partial charge is 0.591 e. The van der Waals surface area contributed by atoms with Crippen LogP contribution >= 0.6 is 0 Å². The van der Waals surface area contributed by atoms with Crippen molar-refractivity contribution < 1.29 is 9.29 Å². The maximum Gasteiger partial charge on any atom is 0.144 e. The second-order valence-corrected chi connectivity index (χ2v) is 7.35. The third kappa shape index (κ3) is 4.44. The van der Waals surface area contributed by atoms with Gasteiger partial charge in [0.1, 0.15) is 21.9 Å². The topological polar surface area (TPSA) is 47.9 Å². The van der Waals surface area contributed by atoms with Gasteiger partial charge < -0.3 is 14.2 Å². The van der Waals surface area contributed by atoms with Gasteiger partial charge in [-0.05, 0) is 32.9 Å². The fraction of sp³-hybridized carbons (Fsp3) is 0.500. The summed E-state index contributed by atoms with van der Waals surface area (Å²) < 4.78 is 20.9. The van der Waals surface area contributed by atoms with E-state index >= 15 is 0 Å². The molecule has 5 heteroatoms. The summed E-state index contributed by atoms with van der Waals surface area (Å²) in [6, 6.07) is 5.72. The summed E-state index contributed by atoms with van der Waals surface area (Å²) in [5.41, 5.74) is 1.90. The average molecular weight is 282 g/mol. The van der Waals surface area contributed by atoms with Gasteiger partial charge in [-0.1, -0.05) is 4.40 Å². The number of benzene rings is 1. The van der Waals surface area contributed by atoms with Crippen LogP contribution in [0.15, 0.2) is 22.6 Å². The Morgan fingerprint density at radius 1 is 1.32 bits per heavy atom. The van der Waals surface area contributed by atoms with Crippen molar-refractivity contribution >= 4 is 23.3 Å². The molecule has 4 nitrogen and oxygen atoms in total. The van der Waals surface area contributed by atoms with Crippen LogP contribution in [-0.2, 0) is 11.4 Å². The number of nitrogens with zero attached hydrogens (tertiary/aromatic N) is 2. The highest BCUT2D eigenvalue weighted by Gasteiger charge is 2.25. The van der Waals surface area contributed by atoms with Crippen LogP contribution in [0.5, 0.6) is 5.75 Å². The first kappa shape index (κ1) is 15.9. The minimum Gasteiger partial charge on any atom is -0.591 e. The van der Waals surface area contributed by atoms with Crippen molar-refractivity contribution in [2.45, 2.75) is 25.5 Å².